The highest BCUT2D eigenvalue weighted by atomic mass is 35.5. The molecule has 0 atom stereocenters. The van der Waals surface area contributed by atoms with Crippen molar-refractivity contribution in [2.45, 2.75) is 27.2 Å². The van der Waals surface area contributed by atoms with Gasteiger partial charge in [-0.25, -0.2) is 4.98 Å². The molecular weight excluding hydrogens is 212 g/mol. The summed E-state index contributed by atoms with van der Waals surface area (Å²) in [7, 11) is 0. The summed E-state index contributed by atoms with van der Waals surface area (Å²) in [6.07, 6.45) is 2.49. The molecule has 0 aliphatic carbocycles. The Morgan fingerprint density at radius 1 is 1.47 bits per heavy atom. The molecule has 1 aromatic rings. The summed E-state index contributed by atoms with van der Waals surface area (Å²) in [5.74, 6) is 0.454. The van der Waals surface area contributed by atoms with Crippen LogP contribution < -0.4 is 10.5 Å². The first kappa shape index (κ1) is 12.1. The Morgan fingerprint density at radius 3 is 2.67 bits per heavy atom. The first-order chi connectivity index (χ1) is 6.88. The van der Waals surface area contributed by atoms with E-state index in [9.17, 15) is 0 Å². The van der Waals surface area contributed by atoms with Crippen molar-refractivity contribution in [3.05, 3.63) is 17.3 Å². The van der Waals surface area contributed by atoms with Crippen LogP contribution in [0.3, 0.4) is 0 Å². The number of anilines is 1. The normalized spacial score (nSPS) is 11.5. The minimum Gasteiger partial charge on any atom is -0.477 e. The quantitative estimate of drug-likeness (QED) is 0.865. The number of hydrogen-bond acceptors (Lipinski definition) is 3. The molecule has 0 aliphatic heterocycles. The molecule has 0 saturated carbocycles. The number of ether oxygens (including phenoxy) is 1. The van der Waals surface area contributed by atoms with E-state index in [0.717, 1.165) is 6.42 Å². The van der Waals surface area contributed by atoms with E-state index < -0.39 is 0 Å². The van der Waals surface area contributed by atoms with E-state index in [2.05, 4.69) is 25.8 Å². The Hall–Kier alpha value is -0.960. The van der Waals surface area contributed by atoms with Crippen LogP contribution in [0.4, 0.5) is 5.69 Å². The van der Waals surface area contributed by atoms with Crippen molar-refractivity contribution in [3.63, 3.8) is 0 Å². The Kier molecular flexibility index (Phi) is 3.80. The lowest BCUT2D eigenvalue weighted by atomic mass is 9.93. The van der Waals surface area contributed by atoms with Crippen LogP contribution in [-0.4, -0.2) is 11.6 Å². The van der Waals surface area contributed by atoms with Crippen molar-refractivity contribution in [1.29, 1.82) is 0 Å². The van der Waals surface area contributed by atoms with Gasteiger partial charge in [-0.05, 0) is 17.9 Å². The van der Waals surface area contributed by atoms with Crippen molar-refractivity contribution in [1.82, 2.24) is 4.98 Å². The van der Waals surface area contributed by atoms with Gasteiger partial charge in [0.25, 0.3) is 0 Å². The average Bonchev–Trinajstić information content (AvgIpc) is 2.07. The Morgan fingerprint density at radius 2 is 2.13 bits per heavy atom. The molecule has 84 valence electrons. The zero-order valence-electron chi connectivity index (χ0n) is 9.38. The second kappa shape index (κ2) is 4.71. The third-order valence-corrected chi connectivity index (χ3v) is 2.19. The molecule has 0 aromatic carbocycles. The monoisotopic (exact) mass is 228 g/mol. The van der Waals surface area contributed by atoms with Crippen LogP contribution in [0.1, 0.15) is 27.2 Å². The molecule has 0 radical (unpaired) electrons. The summed E-state index contributed by atoms with van der Waals surface area (Å²) in [4.78, 5) is 4.02. The number of pyridine rings is 1. The van der Waals surface area contributed by atoms with Gasteiger partial charge in [-0.3, -0.25) is 0 Å². The van der Waals surface area contributed by atoms with Gasteiger partial charge in [0.05, 0.1) is 18.5 Å². The van der Waals surface area contributed by atoms with E-state index in [1.807, 2.05) is 0 Å². The molecule has 0 bridgehead atoms. The third kappa shape index (κ3) is 4.38. The topological polar surface area (TPSA) is 48.1 Å². The minimum atomic E-state index is 0.250. The summed E-state index contributed by atoms with van der Waals surface area (Å²) < 4.78 is 5.47. The number of nitrogen functional groups attached to an aromatic ring is 1. The van der Waals surface area contributed by atoms with E-state index in [0.29, 0.717) is 23.2 Å². The van der Waals surface area contributed by atoms with E-state index in [1.165, 1.54) is 6.20 Å². The number of halogens is 1. The SMILES string of the molecule is CC(C)(C)CCOc1ncc(N)cc1Cl. The van der Waals surface area contributed by atoms with Gasteiger partial charge in [-0.1, -0.05) is 32.4 Å². The van der Waals surface area contributed by atoms with Gasteiger partial charge in [0, 0.05) is 0 Å². The van der Waals surface area contributed by atoms with Crippen LogP contribution >= 0.6 is 11.6 Å². The number of hydrogen-bond donors (Lipinski definition) is 1. The summed E-state index contributed by atoms with van der Waals surface area (Å²) in [6.45, 7) is 7.09. The lowest BCUT2D eigenvalue weighted by molar-refractivity contribution is 0.236. The Labute approximate surface area is 95.6 Å². The summed E-state index contributed by atoms with van der Waals surface area (Å²) >= 11 is 5.91. The maximum Gasteiger partial charge on any atom is 0.232 e. The van der Waals surface area contributed by atoms with Gasteiger partial charge in [0.1, 0.15) is 5.02 Å². The lowest BCUT2D eigenvalue weighted by Crippen LogP contribution is -2.11. The zero-order chi connectivity index (χ0) is 11.5. The molecule has 1 rings (SSSR count). The molecule has 0 fully saturated rings. The molecule has 4 heteroatoms. The number of nitrogens with two attached hydrogens (primary N) is 1. The molecule has 0 aliphatic rings. The average molecular weight is 229 g/mol. The smallest absolute Gasteiger partial charge is 0.232 e. The van der Waals surface area contributed by atoms with Crippen LogP contribution in [0.5, 0.6) is 5.88 Å². The van der Waals surface area contributed by atoms with Crippen LogP contribution in [0.25, 0.3) is 0 Å². The molecule has 0 saturated heterocycles. The predicted molar refractivity (Wildman–Crippen MR) is 63.2 cm³/mol. The largest absolute Gasteiger partial charge is 0.477 e. The molecule has 1 aromatic heterocycles. The zero-order valence-corrected chi connectivity index (χ0v) is 10.1. The first-order valence-corrected chi connectivity index (χ1v) is 5.30. The van der Waals surface area contributed by atoms with E-state index in [-0.39, 0.29) is 5.41 Å². The van der Waals surface area contributed by atoms with E-state index in [1.54, 1.807) is 6.07 Å². The number of aromatic nitrogens is 1. The van der Waals surface area contributed by atoms with Crippen molar-refractivity contribution in [3.8, 4) is 5.88 Å². The molecule has 0 spiro atoms. The van der Waals surface area contributed by atoms with Crippen LogP contribution in [0.15, 0.2) is 12.3 Å². The van der Waals surface area contributed by atoms with Gasteiger partial charge in [-0.15, -0.1) is 0 Å². The van der Waals surface area contributed by atoms with Gasteiger partial charge in [0.15, 0.2) is 0 Å². The van der Waals surface area contributed by atoms with Crippen LogP contribution in [0.2, 0.25) is 5.02 Å². The van der Waals surface area contributed by atoms with Crippen LogP contribution in [-0.2, 0) is 0 Å². The second-order valence-corrected chi connectivity index (χ2v) is 5.12. The molecule has 1 heterocycles. The number of rotatable bonds is 3. The predicted octanol–water partition coefficient (Wildman–Crippen LogP) is 3.13. The molecule has 0 amide bonds. The maximum atomic E-state index is 5.91. The molecule has 15 heavy (non-hydrogen) atoms. The Balaban J connectivity index is 2.51. The highest BCUT2D eigenvalue weighted by molar-refractivity contribution is 6.32. The fourth-order valence-electron chi connectivity index (χ4n) is 1.00. The van der Waals surface area contributed by atoms with Gasteiger partial charge < -0.3 is 10.5 Å². The third-order valence-electron chi connectivity index (χ3n) is 1.92. The number of nitrogens with zero attached hydrogens (tertiary/aromatic N) is 1. The van der Waals surface area contributed by atoms with Crippen molar-refractivity contribution < 1.29 is 4.74 Å². The molecule has 2 N–H and O–H groups in total. The van der Waals surface area contributed by atoms with Gasteiger partial charge in [0.2, 0.25) is 5.88 Å². The Bertz CT molecular complexity index is 334. The van der Waals surface area contributed by atoms with Crippen LogP contribution in [0, 0.1) is 5.41 Å². The highest BCUT2D eigenvalue weighted by Gasteiger charge is 2.11. The second-order valence-electron chi connectivity index (χ2n) is 4.71. The fourth-order valence-corrected chi connectivity index (χ4v) is 1.23. The highest BCUT2D eigenvalue weighted by Crippen LogP contribution is 2.25. The molecule has 3 nitrogen and oxygen atoms in total. The summed E-state index contributed by atoms with van der Waals surface area (Å²) in [5.41, 5.74) is 6.32. The first-order valence-electron chi connectivity index (χ1n) is 4.92. The fraction of sp³-hybridized carbons (Fsp3) is 0.545. The molecule has 0 unspecified atom stereocenters. The maximum absolute atomic E-state index is 5.91. The van der Waals surface area contributed by atoms with Crippen molar-refractivity contribution >= 4 is 17.3 Å². The summed E-state index contributed by atoms with van der Waals surface area (Å²) in [5, 5.41) is 0.462. The van der Waals surface area contributed by atoms with Crippen molar-refractivity contribution in [2.24, 2.45) is 5.41 Å². The molecular formula is C11H17ClN2O. The van der Waals surface area contributed by atoms with Gasteiger partial charge >= 0.3 is 0 Å². The van der Waals surface area contributed by atoms with E-state index in [4.69, 9.17) is 22.1 Å². The van der Waals surface area contributed by atoms with E-state index >= 15 is 0 Å². The summed E-state index contributed by atoms with van der Waals surface area (Å²) in [6, 6.07) is 1.64. The minimum absolute atomic E-state index is 0.250. The van der Waals surface area contributed by atoms with Crippen molar-refractivity contribution in [2.75, 3.05) is 12.3 Å². The standard InChI is InChI=1S/C11H17ClN2O/c1-11(2,3)4-5-15-10-9(12)6-8(13)7-14-10/h6-7H,4-5,13H2,1-3H3. The lowest BCUT2D eigenvalue weighted by Gasteiger charge is -2.18. The van der Waals surface area contributed by atoms with Gasteiger partial charge in [-0.2, -0.15) is 0 Å².